The Kier molecular flexibility index (Phi) is 2.81. The molecule has 2 saturated heterocycles. The summed E-state index contributed by atoms with van der Waals surface area (Å²) in [5.74, 6) is 1.06. The van der Waals surface area contributed by atoms with Gasteiger partial charge in [-0.2, -0.15) is 0 Å². The smallest absolute Gasteiger partial charge is 0.148 e. The molecule has 0 bridgehead atoms. The zero-order valence-electron chi connectivity index (χ0n) is 8.57. The van der Waals surface area contributed by atoms with Crippen LogP contribution in [-0.4, -0.2) is 57.5 Å². The summed E-state index contributed by atoms with van der Waals surface area (Å²) in [4.78, 5) is 2.27. The standard InChI is InChI=1S/C9H18N2O2S/c1-14(12,13)5-4-11-6-8-2-3-10-9(8)7-11/h8-10H,2-7H2,1H3/t8-,9+/m0/s1. The Morgan fingerprint density at radius 2 is 2.21 bits per heavy atom. The summed E-state index contributed by atoms with van der Waals surface area (Å²) in [6.07, 6.45) is 2.56. The van der Waals surface area contributed by atoms with Crippen LogP contribution in [0, 0.1) is 5.92 Å². The number of fused-ring (bicyclic) bond motifs is 1. The minimum absolute atomic E-state index is 0.298. The van der Waals surface area contributed by atoms with Gasteiger partial charge in [0.15, 0.2) is 0 Å². The van der Waals surface area contributed by atoms with Crippen LogP contribution in [0.1, 0.15) is 6.42 Å². The third kappa shape index (κ3) is 2.46. The van der Waals surface area contributed by atoms with Crippen molar-refractivity contribution >= 4 is 9.84 Å². The predicted molar refractivity (Wildman–Crippen MR) is 56.0 cm³/mol. The monoisotopic (exact) mass is 218 g/mol. The summed E-state index contributed by atoms with van der Waals surface area (Å²) in [5.41, 5.74) is 0. The van der Waals surface area contributed by atoms with E-state index in [9.17, 15) is 8.42 Å². The second-order valence-electron chi connectivity index (χ2n) is 4.50. The third-order valence-electron chi connectivity index (χ3n) is 3.22. The van der Waals surface area contributed by atoms with Crippen LogP contribution in [0.2, 0.25) is 0 Å². The van der Waals surface area contributed by atoms with E-state index >= 15 is 0 Å². The lowest BCUT2D eigenvalue weighted by molar-refractivity contribution is 0.332. The average molecular weight is 218 g/mol. The second kappa shape index (κ2) is 3.79. The molecule has 14 heavy (non-hydrogen) atoms. The van der Waals surface area contributed by atoms with Gasteiger partial charge in [0.25, 0.3) is 0 Å². The van der Waals surface area contributed by atoms with Gasteiger partial charge < -0.3 is 10.2 Å². The lowest BCUT2D eigenvalue weighted by atomic mass is 10.1. The van der Waals surface area contributed by atoms with Crippen molar-refractivity contribution < 1.29 is 8.42 Å². The van der Waals surface area contributed by atoms with Gasteiger partial charge in [-0.25, -0.2) is 8.42 Å². The van der Waals surface area contributed by atoms with Crippen molar-refractivity contribution in [1.29, 1.82) is 0 Å². The zero-order valence-corrected chi connectivity index (χ0v) is 9.39. The summed E-state index contributed by atoms with van der Waals surface area (Å²) in [7, 11) is -2.80. The highest BCUT2D eigenvalue weighted by Gasteiger charge is 2.35. The molecule has 0 unspecified atom stereocenters. The Hall–Kier alpha value is -0.130. The zero-order chi connectivity index (χ0) is 10.2. The van der Waals surface area contributed by atoms with Gasteiger partial charge in [-0.3, -0.25) is 0 Å². The minimum Gasteiger partial charge on any atom is -0.312 e. The SMILES string of the molecule is CS(=O)(=O)CCN1C[C@@H]2CCN[C@@H]2C1. The van der Waals surface area contributed by atoms with Gasteiger partial charge in [0, 0.05) is 31.9 Å². The molecule has 82 valence electrons. The molecule has 0 aromatic rings. The first-order chi connectivity index (χ1) is 6.54. The molecule has 1 N–H and O–H groups in total. The van der Waals surface area contributed by atoms with Crippen molar-refractivity contribution in [3.63, 3.8) is 0 Å². The van der Waals surface area contributed by atoms with Crippen LogP contribution in [0.4, 0.5) is 0 Å². The van der Waals surface area contributed by atoms with Crippen LogP contribution in [-0.2, 0) is 9.84 Å². The quantitative estimate of drug-likeness (QED) is 0.682. The molecule has 0 aliphatic carbocycles. The van der Waals surface area contributed by atoms with E-state index in [0.717, 1.165) is 25.6 Å². The summed E-state index contributed by atoms with van der Waals surface area (Å²) in [6.45, 7) is 3.94. The molecule has 0 amide bonds. The fourth-order valence-corrected chi connectivity index (χ4v) is 3.01. The maximum atomic E-state index is 11.0. The molecule has 2 aliphatic heterocycles. The lowest BCUT2D eigenvalue weighted by Crippen LogP contribution is -2.32. The normalized spacial score (nSPS) is 33.5. The van der Waals surface area contributed by atoms with Gasteiger partial charge in [0.1, 0.15) is 9.84 Å². The van der Waals surface area contributed by atoms with Crippen molar-refractivity contribution in [3.05, 3.63) is 0 Å². The van der Waals surface area contributed by atoms with Crippen molar-refractivity contribution in [2.24, 2.45) is 5.92 Å². The fourth-order valence-electron chi connectivity index (χ4n) is 2.42. The third-order valence-corrected chi connectivity index (χ3v) is 4.14. The number of sulfone groups is 1. The topological polar surface area (TPSA) is 49.4 Å². The number of nitrogens with zero attached hydrogens (tertiary/aromatic N) is 1. The molecular formula is C9H18N2O2S. The lowest BCUT2D eigenvalue weighted by Gasteiger charge is -2.15. The first kappa shape index (κ1) is 10.4. The summed E-state index contributed by atoms with van der Waals surface area (Å²) >= 11 is 0. The maximum Gasteiger partial charge on any atom is 0.148 e. The van der Waals surface area contributed by atoms with Gasteiger partial charge in [-0.1, -0.05) is 0 Å². The Morgan fingerprint density at radius 1 is 1.43 bits per heavy atom. The van der Waals surface area contributed by atoms with Crippen molar-refractivity contribution in [2.75, 3.05) is 38.2 Å². The van der Waals surface area contributed by atoms with Gasteiger partial charge >= 0.3 is 0 Å². The Morgan fingerprint density at radius 3 is 2.86 bits per heavy atom. The maximum absolute atomic E-state index is 11.0. The summed E-state index contributed by atoms with van der Waals surface area (Å²) in [6, 6.07) is 0.620. The Bertz CT molecular complexity index is 290. The highest BCUT2D eigenvalue weighted by Crippen LogP contribution is 2.24. The Balaban J connectivity index is 1.80. The van der Waals surface area contributed by atoms with E-state index in [1.807, 2.05) is 0 Å². The molecule has 2 rings (SSSR count). The van der Waals surface area contributed by atoms with E-state index < -0.39 is 9.84 Å². The van der Waals surface area contributed by atoms with E-state index in [0.29, 0.717) is 18.3 Å². The van der Waals surface area contributed by atoms with E-state index in [4.69, 9.17) is 0 Å². The molecule has 0 saturated carbocycles. The van der Waals surface area contributed by atoms with Crippen molar-refractivity contribution in [2.45, 2.75) is 12.5 Å². The van der Waals surface area contributed by atoms with Gasteiger partial charge in [-0.15, -0.1) is 0 Å². The summed E-state index contributed by atoms with van der Waals surface area (Å²) < 4.78 is 22.0. The van der Waals surface area contributed by atoms with E-state index in [1.165, 1.54) is 12.7 Å². The van der Waals surface area contributed by atoms with Crippen LogP contribution in [0.3, 0.4) is 0 Å². The van der Waals surface area contributed by atoms with Crippen molar-refractivity contribution in [3.8, 4) is 0 Å². The van der Waals surface area contributed by atoms with Crippen LogP contribution in [0.15, 0.2) is 0 Å². The molecule has 2 aliphatic rings. The molecule has 0 spiro atoms. The second-order valence-corrected chi connectivity index (χ2v) is 6.76. The average Bonchev–Trinajstić information content (AvgIpc) is 2.56. The van der Waals surface area contributed by atoms with E-state index in [-0.39, 0.29) is 0 Å². The predicted octanol–water partition coefficient (Wildman–Crippen LogP) is -0.675. The van der Waals surface area contributed by atoms with Gasteiger partial charge in [0.05, 0.1) is 5.75 Å². The number of rotatable bonds is 3. The van der Waals surface area contributed by atoms with Crippen molar-refractivity contribution in [1.82, 2.24) is 10.2 Å². The van der Waals surface area contributed by atoms with Crippen LogP contribution in [0.25, 0.3) is 0 Å². The van der Waals surface area contributed by atoms with E-state index in [1.54, 1.807) is 0 Å². The Labute approximate surface area is 85.6 Å². The van der Waals surface area contributed by atoms with Gasteiger partial charge in [0.2, 0.25) is 0 Å². The van der Waals surface area contributed by atoms with Crippen LogP contribution >= 0.6 is 0 Å². The summed E-state index contributed by atoms with van der Waals surface area (Å²) in [5, 5.41) is 3.45. The first-order valence-electron chi connectivity index (χ1n) is 5.18. The largest absolute Gasteiger partial charge is 0.312 e. The number of nitrogens with one attached hydrogen (secondary N) is 1. The molecule has 4 nitrogen and oxygen atoms in total. The molecule has 2 atom stereocenters. The number of hydrogen-bond acceptors (Lipinski definition) is 4. The molecule has 0 aromatic carbocycles. The molecular weight excluding hydrogens is 200 g/mol. The van der Waals surface area contributed by atoms with Crippen LogP contribution in [0.5, 0.6) is 0 Å². The minimum atomic E-state index is -2.80. The van der Waals surface area contributed by atoms with Crippen LogP contribution < -0.4 is 5.32 Å². The molecule has 2 fully saturated rings. The highest BCUT2D eigenvalue weighted by atomic mass is 32.2. The van der Waals surface area contributed by atoms with E-state index in [2.05, 4.69) is 10.2 Å². The van der Waals surface area contributed by atoms with Gasteiger partial charge in [-0.05, 0) is 18.9 Å². The molecule has 0 aromatic heterocycles. The molecule has 2 heterocycles. The fraction of sp³-hybridized carbons (Fsp3) is 1.00. The first-order valence-corrected chi connectivity index (χ1v) is 7.24. The molecule has 0 radical (unpaired) electrons. The highest BCUT2D eigenvalue weighted by molar-refractivity contribution is 7.90. The number of hydrogen-bond donors (Lipinski definition) is 1. The number of likely N-dealkylation sites (tertiary alicyclic amines) is 1. The molecule has 5 heteroatoms.